The number of hydrogen-bond donors (Lipinski definition) is 1. The lowest BCUT2D eigenvalue weighted by molar-refractivity contribution is -0.126. The van der Waals surface area contributed by atoms with E-state index < -0.39 is 0 Å². The Morgan fingerprint density at radius 1 is 1.07 bits per heavy atom. The number of hydrogen-bond acceptors (Lipinski definition) is 2. The molecule has 0 aliphatic heterocycles. The normalized spacial score (nSPS) is 35.0. The van der Waals surface area contributed by atoms with Crippen LogP contribution in [0.3, 0.4) is 0 Å². The molecule has 2 nitrogen and oxygen atoms in total. The van der Waals surface area contributed by atoms with Crippen LogP contribution in [0.25, 0.3) is 0 Å². The van der Waals surface area contributed by atoms with E-state index in [0.717, 1.165) is 43.9 Å². The molecule has 3 rings (SSSR count). The van der Waals surface area contributed by atoms with Crippen LogP contribution in [-0.2, 0) is 4.79 Å². The zero-order valence-electron chi connectivity index (χ0n) is 20.1. The van der Waals surface area contributed by atoms with Gasteiger partial charge in [0.15, 0.2) is 0 Å². The van der Waals surface area contributed by atoms with Crippen LogP contribution in [0.15, 0.2) is 23.3 Å². The average molecular weight is 415 g/mol. The summed E-state index contributed by atoms with van der Waals surface area (Å²) in [6.45, 7) is 8.68. The number of carbonyl (C=O) groups excluding carboxylic acids is 1. The number of carbonyl (C=O) groups is 1. The molecule has 0 amide bonds. The van der Waals surface area contributed by atoms with Crippen molar-refractivity contribution < 1.29 is 9.90 Å². The lowest BCUT2D eigenvalue weighted by Crippen LogP contribution is -2.33. The third kappa shape index (κ3) is 5.87. The quantitative estimate of drug-likeness (QED) is 0.436. The van der Waals surface area contributed by atoms with Gasteiger partial charge in [-0.15, -0.1) is 0 Å². The van der Waals surface area contributed by atoms with E-state index >= 15 is 0 Å². The second-order valence-electron chi connectivity index (χ2n) is 11.8. The van der Waals surface area contributed by atoms with E-state index in [0.29, 0.717) is 11.2 Å². The number of ketones is 1. The fraction of sp³-hybridized carbons (Fsp3) is 0.821. The van der Waals surface area contributed by atoms with Crippen molar-refractivity contribution >= 4 is 5.78 Å². The number of rotatable bonds is 7. The molecule has 0 aromatic rings. The molecule has 0 heterocycles. The molecule has 0 bridgehead atoms. The van der Waals surface area contributed by atoms with Gasteiger partial charge in [0.05, 0.1) is 6.10 Å². The lowest BCUT2D eigenvalue weighted by Gasteiger charge is -2.42. The molecule has 3 aliphatic carbocycles. The molecule has 0 aromatic heterocycles. The second kappa shape index (κ2) is 10.2. The minimum absolute atomic E-state index is 0.116. The van der Waals surface area contributed by atoms with Crippen molar-refractivity contribution in [1.29, 1.82) is 0 Å². The standard InChI is InChI=1S/C28H46O2/c1-27(2,3)26(30)14-7-5-6-12-23-17-18-25-22(11-9-19-28(23,25)4)16-15-21-10-8-13-24(29)20-21/h15-16,23-25,29H,5-14,17-20H2,1-4H3/b21-15-,22-16+/t23?,24-,25?,28?/m0/s1. The van der Waals surface area contributed by atoms with Gasteiger partial charge in [-0.05, 0) is 87.9 Å². The van der Waals surface area contributed by atoms with E-state index in [9.17, 15) is 9.90 Å². The van der Waals surface area contributed by atoms with Gasteiger partial charge in [0.25, 0.3) is 0 Å². The minimum Gasteiger partial charge on any atom is -0.393 e. The van der Waals surface area contributed by atoms with E-state index in [1.54, 1.807) is 5.57 Å². The summed E-state index contributed by atoms with van der Waals surface area (Å²) in [6.07, 6.45) is 21.3. The maximum Gasteiger partial charge on any atom is 0.138 e. The molecule has 2 heteroatoms. The maximum atomic E-state index is 12.1. The minimum atomic E-state index is -0.179. The fourth-order valence-electron chi connectivity index (χ4n) is 6.50. The smallest absolute Gasteiger partial charge is 0.138 e. The summed E-state index contributed by atoms with van der Waals surface area (Å²) in [5.41, 5.74) is 3.44. The molecule has 4 atom stereocenters. The van der Waals surface area contributed by atoms with Crippen molar-refractivity contribution in [2.45, 2.75) is 124 Å². The molecule has 0 radical (unpaired) electrons. The van der Waals surface area contributed by atoms with Crippen molar-refractivity contribution in [2.75, 3.05) is 0 Å². The highest BCUT2D eigenvalue weighted by Gasteiger charge is 2.48. The Kier molecular flexibility index (Phi) is 8.04. The zero-order chi connectivity index (χ0) is 21.8. The summed E-state index contributed by atoms with van der Waals surface area (Å²) in [5.74, 6) is 2.04. The summed E-state index contributed by atoms with van der Waals surface area (Å²) in [5, 5.41) is 9.95. The predicted octanol–water partition coefficient (Wildman–Crippen LogP) is 7.56. The Balaban J connectivity index is 1.51. The molecule has 3 saturated carbocycles. The molecule has 3 fully saturated rings. The summed E-state index contributed by atoms with van der Waals surface area (Å²) in [7, 11) is 0. The number of fused-ring (bicyclic) bond motifs is 1. The van der Waals surface area contributed by atoms with Gasteiger partial charge in [-0.1, -0.05) is 63.8 Å². The zero-order valence-corrected chi connectivity index (χ0v) is 20.1. The highest BCUT2D eigenvalue weighted by molar-refractivity contribution is 5.83. The molecule has 1 N–H and O–H groups in total. The first-order chi connectivity index (χ1) is 14.2. The first-order valence-electron chi connectivity index (χ1n) is 12.8. The summed E-state index contributed by atoms with van der Waals surface area (Å²) < 4.78 is 0. The van der Waals surface area contributed by atoms with Crippen LogP contribution in [0.2, 0.25) is 0 Å². The van der Waals surface area contributed by atoms with Crippen LogP contribution in [0.1, 0.15) is 118 Å². The van der Waals surface area contributed by atoms with E-state index in [-0.39, 0.29) is 11.5 Å². The van der Waals surface area contributed by atoms with Crippen LogP contribution < -0.4 is 0 Å². The maximum absolute atomic E-state index is 12.1. The van der Waals surface area contributed by atoms with Crippen LogP contribution in [0, 0.1) is 22.7 Å². The van der Waals surface area contributed by atoms with Gasteiger partial charge in [-0.25, -0.2) is 0 Å². The summed E-state index contributed by atoms with van der Waals surface area (Å²) in [4.78, 5) is 12.1. The Morgan fingerprint density at radius 3 is 2.60 bits per heavy atom. The molecule has 170 valence electrons. The molecule has 3 aliphatic rings. The van der Waals surface area contributed by atoms with Gasteiger partial charge < -0.3 is 5.11 Å². The first-order valence-corrected chi connectivity index (χ1v) is 12.8. The number of aliphatic hydroxyl groups is 1. The van der Waals surface area contributed by atoms with Crippen LogP contribution >= 0.6 is 0 Å². The molecule has 0 aromatic carbocycles. The first kappa shape index (κ1) is 23.8. The number of allylic oxidation sites excluding steroid dienone is 3. The van der Waals surface area contributed by atoms with Crippen LogP contribution in [0.4, 0.5) is 0 Å². The third-order valence-corrected chi connectivity index (χ3v) is 8.52. The van der Waals surface area contributed by atoms with Crippen LogP contribution in [-0.4, -0.2) is 17.0 Å². The van der Waals surface area contributed by atoms with Gasteiger partial charge in [-0.3, -0.25) is 4.79 Å². The Morgan fingerprint density at radius 2 is 1.87 bits per heavy atom. The van der Waals surface area contributed by atoms with Crippen molar-refractivity contribution in [3.05, 3.63) is 23.3 Å². The van der Waals surface area contributed by atoms with Gasteiger partial charge in [0, 0.05) is 11.8 Å². The number of aliphatic hydroxyl groups excluding tert-OH is 1. The topological polar surface area (TPSA) is 37.3 Å². The van der Waals surface area contributed by atoms with Crippen molar-refractivity contribution in [3.8, 4) is 0 Å². The van der Waals surface area contributed by atoms with Crippen LogP contribution in [0.5, 0.6) is 0 Å². The third-order valence-electron chi connectivity index (χ3n) is 8.52. The van der Waals surface area contributed by atoms with E-state index in [2.05, 4.69) is 19.1 Å². The van der Waals surface area contributed by atoms with E-state index in [4.69, 9.17) is 0 Å². The molecular weight excluding hydrogens is 368 g/mol. The van der Waals surface area contributed by atoms with Gasteiger partial charge in [0.1, 0.15) is 5.78 Å². The van der Waals surface area contributed by atoms with E-state index in [1.165, 1.54) is 63.4 Å². The largest absolute Gasteiger partial charge is 0.393 e. The Hall–Kier alpha value is -0.890. The molecule has 30 heavy (non-hydrogen) atoms. The molecular formula is C28H46O2. The lowest BCUT2D eigenvalue weighted by atomic mass is 9.62. The van der Waals surface area contributed by atoms with Gasteiger partial charge >= 0.3 is 0 Å². The van der Waals surface area contributed by atoms with Gasteiger partial charge in [-0.2, -0.15) is 0 Å². The van der Waals surface area contributed by atoms with E-state index in [1.807, 2.05) is 20.8 Å². The Bertz CT molecular complexity index is 650. The predicted molar refractivity (Wildman–Crippen MR) is 126 cm³/mol. The van der Waals surface area contributed by atoms with Crippen molar-refractivity contribution in [2.24, 2.45) is 22.7 Å². The highest BCUT2D eigenvalue weighted by atomic mass is 16.3. The monoisotopic (exact) mass is 414 g/mol. The number of Topliss-reactive ketones (excluding diaryl/α,β-unsaturated/α-hetero) is 1. The second-order valence-corrected chi connectivity index (χ2v) is 11.8. The fourth-order valence-corrected chi connectivity index (χ4v) is 6.50. The van der Waals surface area contributed by atoms with Crippen molar-refractivity contribution in [1.82, 2.24) is 0 Å². The summed E-state index contributed by atoms with van der Waals surface area (Å²) in [6, 6.07) is 0. The number of unbranched alkanes of at least 4 members (excludes halogenated alkanes) is 2. The summed E-state index contributed by atoms with van der Waals surface area (Å²) >= 11 is 0. The van der Waals surface area contributed by atoms with Gasteiger partial charge in [0.2, 0.25) is 0 Å². The Labute approximate surface area is 185 Å². The average Bonchev–Trinajstić information content (AvgIpc) is 3.02. The SMILES string of the molecule is CC(C)(C)C(=O)CCCCCC1CCC2/C(=C/C=C3/CCC[C@H](O)C3)CCCC12C. The highest BCUT2D eigenvalue weighted by Crippen LogP contribution is 2.58. The van der Waals surface area contributed by atoms with Crippen molar-refractivity contribution in [3.63, 3.8) is 0 Å². The molecule has 3 unspecified atom stereocenters. The molecule has 0 saturated heterocycles. The molecule has 0 spiro atoms.